The predicted molar refractivity (Wildman–Crippen MR) is 98.1 cm³/mol. The minimum atomic E-state index is 0.252. The van der Waals surface area contributed by atoms with Crippen molar-refractivity contribution in [3.63, 3.8) is 0 Å². The van der Waals surface area contributed by atoms with Crippen molar-refractivity contribution in [3.8, 4) is 0 Å². The maximum absolute atomic E-state index is 12.3. The van der Waals surface area contributed by atoms with E-state index in [1.54, 1.807) is 0 Å². The second kappa shape index (κ2) is 10.4. The first-order valence-electron chi connectivity index (χ1n) is 9.88. The fourth-order valence-electron chi connectivity index (χ4n) is 3.88. The van der Waals surface area contributed by atoms with Crippen LogP contribution in [-0.4, -0.2) is 62.3 Å². The molecule has 2 rings (SSSR count). The number of rotatable bonds is 8. The van der Waals surface area contributed by atoms with Gasteiger partial charge in [-0.1, -0.05) is 6.92 Å². The molecule has 0 saturated carbocycles. The van der Waals surface area contributed by atoms with E-state index >= 15 is 0 Å². The zero-order chi connectivity index (χ0) is 17.4. The third kappa shape index (κ3) is 7.08. The lowest BCUT2D eigenvalue weighted by molar-refractivity contribution is -0.123. The molecule has 2 fully saturated rings. The molecular formula is C19H37N3O2. The summed E-state index contributed by atoms with van der Waals surface area (Å²) in [5.41, 5.74) is 0. The van der Waals surface area contributed by atoms with Gasteiger partial charge in [0.1, 0.15) is 0 Å². The Labute approximate surface area is 147 Å². The van der Waals surface area contributed by atoms with E-state index in [4.69, 9.17) is 4.74 Å². The van der Waals surface area contributed by atoms with Crippen molar-refractivity contribution in [2.45, 2.75) is 65.0 Å². The molecule has 140 valence electrons. The van der Waals surface area contributed by atoms with Crippen LogP contribution in [0.2, 0.25) is 0 Å². The number of nitrogens with one attached hydrogen (secondary N) is 2. The SMILES string of the molecule is CC(C)OCCN1CCC(NC(=O)CC(C)C2CCNCC2)CC1. The van der Waals surface area contributed by atoms with E-state index in [9.17, 15) is 4.79 Å². The van der Waals surface area contributed by atoms with Gasteiger partial charge in [0.15, 0.2) is 0 Å². The Bertz CT molecular complexity index is 362. The second-order valence-corrected chi connectivity index (χ2v) is 7.87. The van der Waals surface area contributed by atoms with Crippen LogP contribution in [0.25, 0.3) is 0 Å². The maximum Gasteiger partial charge on any atom is 0.220 e. The molecule has 0 aliphatic carbocycles. The van der Waals surface area contributed by atoms with Gasteiger partial charge in [-0.25, -0.2) is 0 Å². The highest BCUT2D eigenvalue weighted by atomic mass is 16.5. The number of likely N-dealkylation sites (tertiary alicyclic amines) is 1. The topological polar surface area (TPSA) is 53.6 Å². The van der Waals surface area contributed by atoms with Crippen LogP contribution in [0.3, 0.4) is 0 Å². The third-order valence-corrected chi connectivity index (χ3v) is 5.51. The summed E-state index contributed by atoms with van der Waals surface area (Å²) >= 11 is 0. The number of hydrogen-bond acceptors (Lipinski definition) is 4. The van der Waals surface area contributed by atoms with E-state index in [1.165, 1.54) is 12.8 Å². The lowest BCUT2D eigenvalue weighted by Gasteiger charge is -2.33. The van der Waals surface area contributed by atoms with Gasteiger partial charge >= 0.3 is 0 Å². The van der Waals surface area contributed by atoms with Gasteiger partial charge in [0.05, 0.1) is 12.7 Å². The van der Waals surface area contributed by atoms with Gasteiger partial charge in [-0.2, -0.15) is 0 Å². The molecule has 1 unspecified atom stereocenters. The van der Waals surface area contributed by atoms with Gasteiger partial charge in [-0.05, 0) is 64.5 Å². The Morgan fingerprint density at radius 2 is 1.83 bits per heavy atom. The summed E-state index contributed by atoms with van der Waals surface area (Å²) in [6.45, 7) is 12.6. The largest absolute Gasteiger partial charge is 0.377 e. The maximum atomic E-state index is 12.3. The molecule has 0 spiro atoms. The number of carbonyl (C=O) groups is 1. The molecule has 5 heteroatoms. The smallest absolute Gasteiger partial charge is 0.220 e. The summed E-state index contributed by atoms with van der Waals surface area (Å²) in [7, 11) is 0. The molecule has 2 aliphatic rings. The van der Waals surface area contributed by atoms with Crippen molar-refractivity contribution in [1.29, 1.82) is 0 Å². The van der Waals surface area contributed by atoms with Crippen molar-refractivity contribution < 1.29 is 9.53 Å². The average Bonchev–Trinajstić information content (AvgIpc) is 2.57. The first-order valence-corrected chi connectivity index (χ1v) is 9.88. The lowest BCUT2D eigenvalue weighted by Crippen LogP contribution is -2.46. The number of amides is 1. The molecule has 2 aliphatic heterocycles. The molecule has 24 heavy (non-hydrogen) atoms. The molecule has 2 saturated heterocycles. The van der Waals surface area contributed by atoms with E-state index in [0.29, 0.717) is 30.4 Å². The summed E-state index contributed by atoms with van der Waals surface area (Å²) in [6.07, 6.45) is 5.55. The van der Waals surface area contributed by atoms with Gasteiger partial charge in [0.2, 0.25) is 5.91 Å². The van der Waals surface area contributed by atoms with Gasteiger partial charge < -0.3 is 20.3 Å². The van der Waals surface area contributed by atoms with Crippen LogP contribution in [0, 0.1) is 11.8 Å². The standard InChI is InChI=1S/C19H37N3O2/c1-15(2)24-13-12-22-10-6-18(7-11-22)21-19(23)14-16(3)17-4-8-20-9-5-17/h15-18,20H,4-14H2,1-3H3,(H,21,23). The monoisotopic (exact) mass is 339 g/mol. The highest BCUT2D eigenvalue weighted by Gasteiger charge is 2.24. The predicted octanol–water partition coefficient (Wildman–Crippen LogP) is 2.02. The molecule has 0 radical (unpaired) electrons. The van der Waals surface area contributed by atoms with Gasteiger partial charge in [-0.3, -0.25) is 4.79 Å². The molecule has 2 heterocycles. The first kappa shape index (κ1) is 19.7. The minimum Gasteiger partial charge on any atom is -0.377 e. The third-order valence-electron chi connectivity index (χ3n) is 5.51. The molecule has 0 bridgehead atoms. The summed E-state index contributed by atoms with van der Waals surface area (Å²) in [4.78, 5) is 14.8. The van der Waals surface area contributed by atoms with Gasteiger partial charge in [-0.15, -0.1) is 0 Å². The first-order chi connectivity index (χ1) is 11.5. The summed E-state index contributed by atoms with van der Waals surface area (Å²) in [5, 5.41) is 6.67. The van der Waals surface area contributed by atoms with Gasteiger partial charge in [0.25, 0.3) is 0 Å². The Kier molecular flexibility index (Phi) is 8.50. The van der Waals surface area contributed by atoms with Crippen LogP contribution >= 0.6 is 0 Å². The van der Waals surface area contributed by atoms with Crippen LogP contribution < -0.4 is 10.6 Å². The highest BCUT2D eigenvalue weighted by Crippen LogP contribution is 2.24. The molecular weight excluding hydrogens is 302 g/mol. The molecule has 0 aromatic rings. The Balaban J connectivity index is 1.59. The highest BCUT2D eigenvalue weighted by molar-refractivity contribution is 5.76. The summed E-state index contributed by atoms with van der Waals surface area (Å²) < 4.78 is 5.62. The van der Waals surface area contributed by atoms with E-state index < -0.39 is 0 Å². The van der Waals surface area contributed by atoms with Crippen molar-refractivity contribution >= 4 is 5.91 Å². The quantitative estimate of drug-likeness (QED) is 0.710. The molecule has 0 aromatic heterocycles. The van der Waals surface area contributed by atoms with E-state index in [1.807, 2.05) is 0 Å². The Hall–Kier alpha value is -0.650. The normalized spacial score (nSPS) is 22.7. The minimum absolute atomic E-state index is 0.252. The zero-order valence-corrected chi connectivity index (χ0v) is 15.9. The van der Waals surface area contributed by atoms with E-state index in [-0.39, 0.29) is 5.91 Å². The van der Waals surface area contributed by atoms with E-state index in [2.05, 4.69) is 36.3 Å². The lowest BCUT2D eigenvalue weighted by atomic mass is 9.84. The second-order valence-electron chi connectivity index (χ2n) is 7.87. The number of piperidine rings is 2. The number of hydrogen-bond donors (Lipinski definition) is 2. The van der Waals surface area contributed by atoms with E-state index in [0.717, 1.165) is 52.2 Å². The zero-order valence-electron chi connectivity index (χ0n) is 15.9. The van der Waals surface area contributed by atoms with Crippen molar-refractivity contribution in [1.82, 2.24) is 15.5 Å². The fourth-order valence-corrected chi connectivity index (χ4v) is 3.88. The number of carbonyl (C=O) groups excluding carboxylic acids is 1. The van der Waals surface area contributed by atoms with Gasteiger partial charge in [0, 0.05) is 32.1 Å². The van der Waals surface area contributed by atoms with Crippen molar-refractivity contribution in [2.24, 2.45) is 11.8 Å². The van der Waals surface area contributed by atoms with Crippen molar-refractivity contribution in [2.75, 3.05) is 39.3 Å². The number of ether oxygens (including phenoxy) is 1. The summed E-state index contributed by atoms with van der Waals surface area (Å²) in [6, 6.07) is 0.361. The molecule has 2 N–H and O–H groups in total. The summed E-state index contributed by atoms with van der Waals surface area (Å²) in [5.74, 6) is 1.46. The Morgan fingerprint density at radius 1 is 1.17 bits per heavy atom. The average molecular weight is 340 g/mol. The number of nitrogens with zero attached hydrogens (tertiary/aromatic N) is 1. The Morgan fingerprint density at radius 3 is 2.46 bits per heavy atom. The van der Waals surface area contributed by atoms with Crippen LogP contribution in [-0.2, 0) is 9.53 Å². The molecule has 5 nitrogen and oxygen atoms in total. The molecule has 1 amide bonds. The van der Waals surface area contributed by atoms with Crippen molar-refractivity contribution in [3.05, 3.63) is 0 Å². The fraction of sp³-hybridized carbons (Fsp3) is 0.947. The van der Waals surface area contributed by atoms with Crippen LogP contribution in [0.15, 0.2) is 0 Å². The van der Waals surface area contributed by atoms with Crippen LogP contribution in [0.5, 0.6) is 0 Å². The molecule has 0 aromatic carbocycles. The molecule has 1 atom stereocenters. The van der Waals surface area contributed by atoms with Crippen LogP contribution in [0.4, 0.5) is 0 Å². The van der Waals surface area contributed by atoms with Crippen LogP contribution in [0.1, 0.15) is 52.9 Å².